The number of methoxy groups -OCH3 is 1. The topological polar surface area (TPSA) is 94.7 Å². The lowest BCUT2D eigenvalue weighted by molar-refractivity contribution is -0.120. The minimum atomic E-state index is -0.707. The lowest BCUT2D eigenvalue weighted by atomic mass is 9.89. The number of fused-ring (bicyclic) bond motifs is 4. The zero-order valence-electron chi connectivity index (χ0n) is 22.2. The summed E-state index contributed by atoms with van der Waals surface area (Å²) < 4.78 is 5.50. The maximum atomic E-state index is 14.3. The molecule has 1 aromatic heterocycles. The molecule has 202 valence electrons. The minimum absolute atomic E-state index is 0.118. The summed E-state index contributed by atoms with van der Waals surface area (Å²) in [7, 11) is 1.61. The molecule has 4 amide bonds. The number of hydrogen-bond acceptors (Lipinski definition) is 4. The molecule has 0 bridgehead atoms. The fraction of sp³-hybridized carbons (Fsp3) is 0.281. The average Bonchev–Trinajstić information content (AvgIpc) is 3.69. The number of aromatic nitrogens is 1. The Kier molecular flexibility index (Phi) is 5.84. The summed E-state index contributed by atoms with van der Waals surface area (Å²) >= 11 is 0. The second-order valence-electron chi connectivity index (χ2n) is 10.8. The van der Waals surface area contributed by atoms with E-state index < -0.39 is 18.1 Å². The molecule has 4 aromatic rings. The van der Waals surface area contributed by atoms with E-state index in [1.165, 1.54) is 4.90 Å². The number of anilines is 1. The standard InChI is InChI=1S/C32H30N4O4/c1-40-21-12-8-9-19(17-21)29-28-24(22-13-4-6-15-25(22)34-28)18-27-31(38)36(32(39)35(27)29)26-16-7-5-14-23(26)30(37)33-20-10-2-3-11-20/h4-9,12-17,20,27,29,34H,2-3,10-11,18H2,1H3,(H,33,37)/t27-,29-/m0/s1. The number of urea groups is 1. The van der Waals surface area contributed by atoms with E-state index in [4.69, 9.17) is 4.74 Å². The molecule has 0 radical (unpaired) electrons. The first kappa shape index (κ1) is 24.5. The van der Waals surface area contributed by atoms with Gasteiger partial charge in [-0.1, -0.05) is 55.3 Å². The summed E-state index contributed by atoms with van der Waals surface area (Å²) in [5.74, 6) is 0.0875. The van der Waals surface area contributed by atoms with Crippen LogP contribution in [0.25, 0.3) is 10.9 Å². The van der Waals surface area contributed by atoms with Crippen molar-refractivity contribution in [2.24, 2.45) is 0 Å². The average molecular weight is 535 g/mol. The normalized spacial score (nSPS) is 20.6. The van der Waals surface area contributed by atoms with Gasteiger partial charge in [0.05, 0.1) is 18.4 Å². The van der Waals surface area contributed by atoms with Crippen molar-refractivity contribution >= 4 is 34.4 Å². The zero-order chi connectivity index (χ0) is 27.4. The molecular formula is C32H30N4O4. The molecule has 3 aromatic carbocycles. The van der Waals surface area contributed by atoms with Crippen molar-refractivity contribution in [3.8, 4) is 5.75 Å². The lowest BCUT2D eigenvalue weighted by Crippen LogP contribution is -2.44. The summed E-state index contributed by atoms with van der Waals surface area (Å²) in [5.41, 5.74) is 4.37. The molecule has 2 aliphatic heterocycles. The van der Waals surface area contributed by atoms with Gasteiger partial charge in [0.2, 0.25) is 0 Å². The van der Waals surface area contributed by atoms with Crippen molar-refractivity contribution in [3.63, 3.8) is 0 Å². The second kappa shape index (κ2) is 9.55. The molecule has 0 spiro atoms. The molecule has 2 N–H and O–H groups in total. The van der Waals surface area contributed by atoms with Gasteiger partial charge < -0.3 is 15.0 Å². The van der Waals surface area contributed by atoms with Crippen LogP contribution in [0.5, 0.6) is 5.75 Å². The predicted molar refractivity (Wildman–Crippen MR) is 152 cm³/mol. The molecule has 8 nitrogen and oxygen atoms in total. The minimum Gasteiger partial charge on any atom is -0.497 e. The predicted octanol–water partition coefficient (Wildman–Crippen LogP) is 5.33. The first-order chi connectivity index (χ1) is 19.5. The number of amides is 4. The number of ether oxygens (including phenoxy) is 1. The van der Waals surface area contributed by atoms with E-state index in [0.717, 1.165) is 53.4 Å². The maximum Gasteiger partial charge on any atom is 0.332 e. The van der Waals surface area contributed by atoms with Gasteiger partial charge in [0.15, 0.2) is 0 Å². The number of rotatable bonds is 5. The fourth-order valence-corrected chi connectivity index (χ4v) is 6.65. The van der Waals surface area contributed by atoms with Crippen molar-refractivity contribution in [2.45, 2.75) is 50.2 Å². The number of nitrogens with zero attached hydrogens (tertiary/aromatic N) is 2. The van der Waals surface area contributed by atoms with Gasteiger partial charge in [-0.3, -0.25) is 14.5 Å². The molecular weight excluding hydrogens is 504 g/mol. The number of carbonyl (C=O) groups excluding carboxylic acids is 3. The van der Waals surface area contributed by atoms with Crippen LogP contribution >= 0.6 is 0 Å². The van der Waals surface area contributed by atoms with Crippen LogP contribution in [0.4, 0.5) is 10.5 Å². The smallest absolute Gasteiger partial charge is 0.332 e. The van der Waals surface area contributed by atoms with Gasteiger partial charge in [0.1, 0.15) is 17.8 Å². The van der Waals surface area contributed by atoms with Crippen molar-refractivity contribution in [1.82, 2.24) is 15.2 Å². The number of hydrogen-bond donors (Lipinski definition) is 2. The number of para-hydroxylation sites is 2. The number of nitrogens with one attached hydrogen (secondary N) is 2. The highest BCUT2D eigenvalue weighted by Gasteiger charge is 2.53. The quantitative estimate of drug-likeness (QED) is 0.338. The van der Waals surface area contributed by atoms with Crippen molar-refractivity contribution < 1.29 is 19.1 Å². The van der Waals surface area contributed by atoms with Crippen LogP contribution in [-0.2, 0) is 11.2 Å². The Balaban J connectivity index is 1.33. The summed E-state index contributed by atoms with van der Waals surface area (Å²) in [4.78, 5) is 48.2. The molecule has 3 heterocycles. The lowest BCUT2D eigenvalue weighted by Gasteiger charge is -2.36. The molecule has 3 aliphatic rings. The Bertz CT molecular complexity index is 1650. The third kappa shape index (κ3) is 3.78. The van der Waals surface area contributed by atoms with E-state index in [0.29, 0.717) is 23.4 Å². The second-order valence-corrected chi connectivity index (χ2v) is 10.8. The van der Waals surface area contributed by atoms with Gasteiger partial charge in [-0.15, -0.1) is 0 Å². The van der Waals surface area contributed by atoms with Crippen LogP contribution < -0.4 is 15.0 Å². The molecule has 8 heteroatoms. The van der Waals surface area contributed by atoms with E-state index in [-0.39, 0.29) is 17.9 Å². The highest BCUT2D eigenvalue weighted by molar-refractivity contribution is 6.24. The van der Waals surface area contributed by atoms with Gasteiger partial charge in [0.25, 0.3) is 11.8 Å². The van der Waals surface area contributed by atoms with Crippen LogP contribution in [0.15, 0.2) is 72.8 Å². The van der Waals surface area contributed by atoms with E-state index in [9.17, 15) is 14.4 Å². The van der Waals surface area contributed by atoms with Crippen LogP contribution in [0.2, 0.25) is 0 Å². The molecule has 2 fully saturated rings. The van der Waals surface area contributed by atoms with Crippen LogP contribution in [-0.4, -0.2) is 46.9 Å². The number of carbonyl (C=O) groups is 3. The highest BCUT2D eigenvalue weighted by Crippen LogP contribution is 2.45. The molecule has 40 heavy (non-hydrogen) atoms. The molecule has 1 saturated heterocycles. The van der Waals surface area contributed by atoms with Gasteiger partial charge >= 0.3 is 6.03 Å². The van der Waals surface area contributed by atoms with Gasteiger partial charge in [-0.05, 0) is 54.3 Å². The van der Waals surface area contributed by atoms with Crippen LogP contribution in [0.3, 0.4) is 0 Å². The van der Waals surface area contributed by atoms with Crippen LogP contribution in [0.1, 0.15) is 58.9 Å². The molecule has 1 aliphatic carbocycles. The summed E-state index contributed by atoms with van der Waals surface area (Å²) in [5, 5.41) is 4.15. The first-order valence-electron chi connectivity index (χ1n) is 13.8. The fourth-order valence-electron chi connectivity index (χ4n) is 6.65. The number of aromatic amines is 1. The molecule has 0 unspecified atom stereocenters. The van der Waals surface area contributed by atoms with Crippen molar-refractivity contribution in [1.29, 1.82) is 0 Å². The van der Waals surface area contributed by atoms with E-state index >= 15 is 0 Å². The first-order valence-corrected chi connectivity index (χ1v) is 13.8. The Hall–Kier alpha value is -4.59. The zero-order valence-corrected chi connectivity index (χ0v) is 22.2. The Morgan fingerprint density at radius 1 is 0.975 bits per heavy atom. The number of H-pyrrole nitrogens is 1. The third-order valence-electron chi connectivity index (χ3n) is 8.54. The van der Waals surface area contributed by atoms with E-state index in [1.807, 2.05) is 48.5 Å². The van der Waals surface area contributed by atoms with Crippen molar-refractivity contribution in [2.75, 3.05) is 12.0 Å². The Morgan fingerprint density at radius 3 is 2.58 bits per heavy atom. The van der Waals surface area contributed by atoms with E-state index in [1.54, 1.807) is 36.3 Å². The summed E-state index contributed by atoms with van der Waals surface area (Å²) in [6.07, 6.45) is 4.45. The SMILES string of the molecule is COc1cccc([C@H]2c3[nH]c4ccccc4c3C[C@H]3C(=O)N(c4ccccc4C(=O)NC4CCCC4)C(=O)N23)c1. The van der Waals surface area contributed by atoms with Gasteiger partial charge in [-0.25, -0.2) is 9.69 Å². The Morgan fingerprint density at radius 2 is 1.75 bits per heavy atom. The largest absolute Gasteiger partial charge is 0.497 e. The maximum absolute atomic E-state index is 14.3. The van der Waals surface area contributed by atoms with Gasteiger partial charge in [0, 0.05) is 29.1 Å². The number of imide groups is 1. The van der Waals surface area contributed by atoms with Gasteiger partial charge in [-0.2, -0.15) is 0 Å². The molecule has 2 atom stereocenters. The summed E-state index contributed by atoms with van der Waals surface area (Å²) in [6.45, 7) is 0. The van der Waals surface area contributed by atoms with Crippen molar-refractivity contribution in [3.05, 3.63) is 95.2 Å². The number of benzene rings is 3. The highest BCUT2D eigenvalue weighted by atomic mass is 16.5. The van der Waals surface area contributed by atoms with Crippen LogP contribution in [0, 0.1) is 0 Å². The monoisotopic (exact) mass is 534 g/mol. The molecule has 7 rings (SSSR count). The van der Waals surface area contributed by atoms with E-state index in [2.05, 4.69) is 10.3 Å². The molecule has 1 saturated carbocycles. The summed E-state index contributed by atoms with van der Waals surface area (Å²) in [6, 6.07) is 21.0. The Labute approximate surface area is 231 Å². The third-order valence-corrected chi connectivity index (χ3v) is 8.54.